The molecule has 2 rings (SSSR count). The van der Waals surface area contributed by atoms with Crippen LogP contribution in [-0.4, -0.2) is 16.0 Å². The molecule has 0 spiro atoms. The van der Waals surface area contributed by atoms with E-state index in [1.54, 1.807) is 30.3 Å². The molecule has 0 bridgehead atoms. The minimum Gasteiger partial charge on any atom is -0.507 e. The second kappa shape index (κ2) is 5.97. The molecular formula is C21H26O3. The van der Waals surface area contributed by atoms with Gasteiger partial charge in [0.1, 0.15) is 11.5 Å². The van der Waals surface area contributed by atoms with Gasteiger partial charge in [0.25, 0.3) is 0 Å². The monoisotopic (exact) mass is 326 g/mol. The smallest absolute Gasteiger partial charge is 0.196 e. The predicted octanol–water partition coefficient (Wildman–Crippen LogP) is 4.92. The Morgan fingerprint density at radius 3 is 1.71 bits per heavy atom. The lowest BCUT2D eigenvalue weighted by Crippen LogP contribution is -2.19. The van der Waals surface area contributed by atoms with Crippen molar-refractivity contribution in [3.8, 4) is 11.5 Å². The first-order valence-electron chi connectivity index (χ1n) is 8.13. The molecule has 0 amide bonds. The first-order valence-corrected chi connectivity index (χ1v) is 8.13. The van der Waals surface area contributed by atoms with Crippen molar-refractivity contribution >= 4 is 5.78 Å². The SMILES string of the molecule is CC(C)(C)c1cc(C(=O)c2ccccc2O)cc(C(C)(C)C)c1O. The Balaban J connectivity index is 2.72. The highest BCUT2D eigenvalue weighted by Gasteiger charge is 2.28. The second-order valence-corrected chi connectivity index (χ2v) is 8.27. The van der Waals surface area contributed by atoms with Crippen molar-refractivity contribution in [1.29, 1.82) is 0 Å². The number of ketones is 1. The third kappa shape index (κ3) is 3.45. The molecule has 0 saturated heterocycles. The maximum absolute atomic E-state index is 12.9. The van der Waals surface area contributed by atoms with Crippen LogP contribution in [-0.2, 0) is 10.8 Å². The molecule has 0 saturated carbocycles. The number of carbonyl (C=O) groups is 1. The zero-order chi connectivity index (χ0) is 18.3. The minimum atomic E-state index is -0.306. The van der Waals surface area contributed by atoms with Crippen molar-refractivity contribution in [3.05, 3.63) is 58.7 Å². The van der Waals surface area contributed by atoms with Crippen molar-refractivity contribution in [2.45, 2.75) is 52.4 Å². The Hall–Kier alpha value is -2.29. The highest BCUT2D eigenvalue weighted by molar-refractivity contribution is 6.11. The molecular weight excluding hydrogens is 300 g/mol. The van der Waals surface area contributed by atoms with E-state index in [1.807, 2.05) is 41.5 Å². The molecule has 0 aliphatic carbocycles. The fraction of sp³-hybridized carbons (Fsp3) is 0.381. The molecule has 0 unspecified atom stereocenters. The van der Waals surface area contributed by atoms with Gasteiger partial charge in [-0.2, -0.15) is 0 Å². The molecule has 0 aliphatic rings. The number of carbonyl (C=O) groups excluding carboxylic acids is 1. The topological polar surface area (TPSA) is 57.5 Å². The average Bonchev–Trinajstić information content (AvgIpc) is 2.45. The van der Waals surface area contributed by atoms with E-state index < -0.39 is 0 Å². The van der Waals surface area contributed by atoms with Gasteiger partial charge in [0.05, 0.1) is 5.56 Å². The van der Waals surface area contributed by atoms with Gasteiger partial charge in [-0.1, -0.05) is 53.7 Å². The first-order chi connectivity index (χ1) is 10.9. The number of hydrogen-bond donors (Lipinski definition) is 2. The fourth-order valence-electron chi connectivity index (χ4n) is 2.73. The lowest BCUT2D eigenvalue weighted by molar-refractivity contribution is 0.103. The number of phenolic OH excluding ortho intramolecular Hbond substituents is 2. The molecule has 2 N–H and O–H groups in total. The zero-order valence-corrected chi connectivity index (χ0v) is 15.3. The number of phenols is 2. The number of aromatic hydroxyl groups is 2. The molecule has 3 heteroatoms. The van der Waals surface area contributed by atoms with Crippen LogP contribution < -0.4 is 0 Å². The van der Waals surface area contributed by atoms with Gasteiger partial charge in [-0.25, -0.2) is 0 Å². The van der Waals surface area contributed by atoms with Gasteiger partial charge in [-0.15, -0.1) is 0 Å². The van der Waals surface area contributed by atoms with E-state index >= 15 is 0 Å². The van der Waals surface area contributed by atoms with Crippen molar-refractivity contribution in [2.75, 3.05) is 0 Å². The highest BCUT2D eigenvalue weighted by atomic mass is 16.3. The quantitative estimate of drug-likeness (QED) is 0.770. The minimum absolute atomic E-state index is 0.0369. The third-order valence-corrected chi connectivity index (χ3v) is 4.14. The van der Waals surface area contributed by atoms with Gasteiger partial charge in [0, 0.05) is 16.7 Å². The molecule has 0 heterocycles. The molecule has 3 nitrogen and oxygen atoms in total. The Morgan fingerprint density at radius 2 is 1.29 bits per heavy atom. The molecule has 128 valence electrons. The van der Waals surface area contributed by atoms with Gasteiger partial charge >= 0.3 is 0 Å². The van der Waals surface area contributed by atoms with E-state index in [0.29, 0.717) is 5.56 Å². The summed E-state index contributed by atoms with van der Waals surface area (Å²) in [5, 5.41) is 20.7. The predicted molar refractivity (Wildman–Crippen MR) is 97.0 cm³/mol. The third-order valence-electron chi connectivity index (χ3n) is 4.14. The fourth-order valence-corrected chi connectivity index (χ4v) is 2.73. The van der Waals surface area contributed by atoms with Crippen LogP contribution in [0.2, 0.25) is 0 Å². The average molecular weight is 326 g/mol. The summed E-state index contributed by atoms with van der Waals surface area (Å²) in [6.45, 7) is 12.0. The summed E-state index contributed by atoms with van der Waals surface area (Å²) in [4.78, 5) is 12.9. The van der Waals surface area contributed by atoms with Gasteiger partial charge < -0.3 is 10.2 Å². The summed E-state index contributed by atoms with van der Waals surface area (Å²) in [5.41, 5.74) is 1.59. The van der Waals surface area contributed by atoms with Crippen LogP contribution in [0.15, 0.2) is 36.4 Å². The van der Waals surface area contributed by atoms with Gasteiger partial charge in [-0.3, -0.25) is 4.79 Å². The largest absolute Gasteiger partial charge is 0.507 e. The van der Waals surface area contributed by atoms with Crippen LogP contribution in [0.4, 0.5) is 0 Å². The normalized spacial score (nSPS) is 12.2. The second-order valence-electron chi connectivity index (χ2n) is 8.27. The molecule has 0 fully saturated rings. The molecule has 24 heavy (non-hydrogen) atoms. The molecule has 0 atom stereocenters. The molecule has 2 aromatic carbocycles. The van der Waals surface area contributed by atoms with Gasteiger partial charge in [0.2, 0.25) is 0 Å². The summed E-state index contributed by atoms with van der Waals surface area (Å²) in [6.07, 6.45) is 0. The Labute approximate surface area is 144 Å². The van der Waals surface area contributed by atoms with Crippen LogP contribution in [0.5, 0.6) is 11.5 Å². The molecule has 0 radical (unpaired) electrons. The summed E-state index contributed by atoms with van der Waals surface area (Å²) < 4.78 is 0. The van der Waals surface area contributed by atoms with E-state index in [1.165, 1.54) is 6.07 Å². The maximum atomic E-state index is 12.9. The number of rotatable bonds is 2. The van der Waals surface area contributed by atoms with Crippen LogP contribution >= 0.6 is 0 Å². The van der Waals surface area contributed by atoms with E-state index in [9.17, 15) is 15.0 Å². The lowest BCUT2D eigenvalue weighted by Gasteiger charge is -2.28. The van der Waals surface area contributed by atoms with Crippen LogP contribution in [0.3, 0.4) is 0 Å². The molecule has 2 aromatic rings. The first kappa shape index (κ1) is 18.1. The van der Waals surface area contributed by atoms with E-state index in [2.05, 4.69) is 0 Å². The molecule has 0 aromatic heterocycles. The number of para-hydroxylation sites is 1. The number of hydrogen-bond acceptors (Lipinski definition) is 3. The molecule has 0 aliphatic heterocycles. The lowest BCUT2D eigenvalue weighted by atomic mass is 9.77. The zero-order valence-electron chi connectivity index (χ0n) is 15.3. The van der Waals surface area contributed by atoms with E-state index in [-0.39, 0.29) is 33.7 Å². The number of benzene rings is 2. The van der Waals surface area contributed by atoms with Crippen molar-refractivity contribution < 1.29 is 15.0 Å². The highest BCUT2D eigenvalue weighted by Crippen LogP contribution is 2.40. The van der Waals surface area contributed by atoms with Crippen LogP contribution in [0.1, 0.15) is 68.6 Å². The Bertz CT molecular complexity index is 739. The standard InChI is InChI=1S/C21H26O3/c1-20(2,3)15-11-13(12-16(19(15)24)21(4,5)6)18(23)14-9-7-8-10-17(14)22/h7-12,22,24H,1-6H3. The summed E-state index contributed by atoms with van der Waals surface area (Å²) in [6, 6.07) is 9.99. The maximum Gasteiger partial charge on any atom is 0.196 e. The summed E-state index contributed by atoms with van der Waals surface area (Å²) in [5.74, 6) is -0.0434. The Morgan fingerprint density at radius 1 is 0.833 bits per heavy atom. The van der Waals surface area contributed by atoms with Crippen LogP contribution in [0, 0.1) is 0 Å². The van der Waals surface area contributed by atoms with Gasteiger partial charge in [0.15, 0.2) is 5.78 Å². The van der Waals surface area contributed by atoms with Crippen LogP contribution in [0.25, 0.3) is 0 Å². The van der Waals surface area contributed by atoms with Crippen molar-refractivity contribution in [3.63, 3.8) is 0 Å². The summed E-state index contributed by atoms with van der Waals surface area (Å²) >= 11 is 0. The Kier molecular flexibility index (Phi) is 4.49. The van der Waals surface area contributed by atoms with E-state index in [4.69, 9.17) is 0 Å². The summed E-state index contributed by atoms with van der Waals surface area (Å²) in [7, 11) is 0. The van der Waals surface area contributed by atoms with Crippen molar-refractivity contribution in [2.24, 2.45) is 0 Å². The van der Waals surface area contributed by atoms with Gasteiger partial charge in [-0.05, 0) is 35.1 Å². The van der Waals surface area contributed by atoms with E-state index in [0.717, 1.165) is 11.1 Å². The van der Waals surface area contributed by atoms with Crippen molar-refractivity contribution in [1.82, 2.24) is 0 Å².